The molecule has 0 amide bonds. The monoisotopic (exact) mass is 795 g/mol. The van der Waals surface area contributed by atoms with Crippen LogP contribution >= 0.6 is 7.82 Å². The van der Waals surface area contributed by atoms with E-state index in [9.17, 15) is 39.8 Å². The molecule has 320 valence electrons. The summed E-state index contributed by atoms with van der Waals surface area (Å²) >= 11 is 0. The molecule has 0 heterocycles. The summed E-state index contributed by atoms with van der Waals surface area (Å²) in [7, 11) is -5.00. The summed E-state index contributed by atoms with van der Waals surface area (Å²) in [6.07, 6.45) is 21.5. The lowest BCUT2D eigenvalue weighted by atomic mass is 9.85. The zero-order valence-corrected chi connectivity index (χ0v) is 34.7. The molecule has 6 unspecified atom stereocenters. The third kappa shape index (κ3) is 25.4. The van der Waals surface area contributed by atoms with E-state index in [-0.39, 0.29) is 13.0 Å². The Labute approximate surface area is 327 Å². The number of ether oxygens (including phenoxy) is 2. The van der Waals surface area contributed by atoms with Gasteiger partial charge in [-0.3, -0.25) is 13.8 Å². The molecule has 1 rings (SSSR count). The lowest BCUT2D eigenvalue weighted by molar-refractivity contribution is -0.220. The average Bonchev–Trinajstić information content (AvgIpc) is 3.15. The van der Waals surface area contributed by atoms with Gasteiger partial charge in [-0.25, -0.2) is 4.57 Å². The Morgan fingerprint density at radius 1 is 0.574 bits per heavy atom. The minimum atomic E-state index is -5.00. The molecule has 1 fully saturated rings. The number of phosphoric ester groups is 1. The Morgan fingerprint density at radius 2 is 0.981 bits per heavy atom. The van der Waals surface area contributed by atoms with Crippen molar-refractivity contribution in [3.8, 4) is 0 Å². The molecule has 0 aromatic carbocycles. The molecule has 0 radical (unpaired) electrons. The van der Waals surface area contributed by atoms with Gasteiger partial charge >= 0.3 is 13.8 Å². The van der Waals surface area contributed by atoms with Crippen LogP contribution in [0.4, 0.5) is 0 Å². The van der Waals surface area contributed by atoms with Gasteiger partial charge < -0.3 is 39.9 Å². The highest BCUT2D eigenvalue weighted by Crippen LogP contribution is 2.47. The van der Waals surface area contributed by atoms with Gasteiger partial charge in [0.2, 0.25) is 0 Å². The Morgan fingerprint density at radius 3 is 1.46 bits per heavy atom. The van der Waals surface area contributed by atoms with Crippen LogP contribution in [0.2, 0.25) is 0 Å². The number of phosphoric acid groups is 1. The van der Waals surface area contributed by atoms with Crippen LogP contribution in [0.1, 0.15) is 181 Å². The number of aliphatic hydroxyl groups is 5. The molecule has 1 aliphatic rings. The van der Waals surface area contributed by atoms with E-state index in [1.165, 1.54) is 109 Å². The maximum Gasteiger partial charge on any atom is 0.472 e. The third-order valence-corrected chi connectivity index (χ3v) is 11.1. The lowest BCUT2D eigenvalue weighted by Crippen LogP contribution is -2.64. The summed E-state index contributed by atoms with van der Waals surface area (Å²) < 4.78 is 34.0. The second kappa shape index (κ2) is 33.1. The smallest absolute Gasteiger partial charge is 0.457 e. The molecule has 0 aromatic rings. The summed E-state index contributed by atoms with van der Waals surface area (Å²) in [5.74, 6) is -0.481. The van der Waals surface area contributed by atoms with Crippen LogP contribution < -0.4 is 0 Å². The number of allylic oxidation sites excluding steroid dienone is 2. The Bertz CT molecular complexity index is 952. The number of rotatable bonds is 36. The van der Waals surface area contributed by atoms with Gasteiger partial charge in [-0.2, -0.15) is 0 Å². The normalized spacial score (nSPS) is 23.5. The first kappa shape index (κ1) is 51.1. The van der Waals surface area contributed by atoms with Crippen LogP contribution in [0, 0.1) is 0 Å². The van der Waals surface area contributed by atoms with Crippen molar-refractivity contribution in [2.45, 2.75) is 224 Å². The van der Waals surface area contributed by atoms with Crippen molar-refractivity contribution in [3.63, 3.8) is 0 Å². The van der Waals surface area contributed by atoms with Crippen molar-refractivity contribution in [1.82, 2.24) is 0 Å². The largest absolute Gasteiger partial charge is 0.472 e. The quantitative estimate of drug-likeness (QED) is 0.0155. The number of esters is 1. The predicted octanol–water partition coefficient (Wildman–Crippen LogP) is 7.97. The first-order valence-corrected chi connectivity index (χ1v) is 23.0. The first-order valence-electron chi connectivity index (χ1n) is 21.5. The summed E-state index contributed by atoms with van der Waals surface area (Å²) in [5.41, 5.74) is 0. The molecule has 0 aliphatic heterocycles. The average molecular weight is 795 g/mol. The predicted molar refractivity (Wildman–Crippen MR) is 212 cm³/mol. The van der Waals surface area contributed by atoms with E-state index < -0.39 is 63.1 Å². The van der Waals surface area contributed by atoms with Gasteiger partial charge in [-0.05, 0) is 38.5 Å². The van der Waals surface area contributed by atoms with E-state index in [2.05, 4.69) is 26.0 Å². The number of carbonyl (C=O) groups is 1. The van der Waals surface area contributed by atoms with Crippen molar-refractivity contribution < 1.29 is 58.3 Å². The SMILES string of the molecule is CCCCCCCCC/C=C\CCCCCCCCCC(=O)OC(COCCCCCCCCCCC)COP(=O)(O)OC1C(O)C(O)C(O)C(O)C1O. The molecule has 0 aromatic heterocycles. The van der Waals surface area contributed by atoms with E-state index >= 15 is 0 Å². The number of unbranched alkanes of at least 4 members (excludes halogenated alkanes) is 22. The fourth-order valence-electron chi connectivity index (χ4n) is 6.64. The first-order chi connectivity index (χ1) is 26.0. The van der Waals surface area contributed by atoms with Gasteiger partial charge in [0, 0.05) is 13.0 Å². The molecule has 6 N–H and O–H groups in total. The number of hydrogen-bond donors (Lipinski definition) is 6. The van der Waals surface area contributed by atoms with Crippen molar-refractivity contribution >= 4 is 13.8 Å². The van der Waals surface area contributed by atoms with E-state index in [0.29, 0.717) is 13.0 Å². The number of carbonyl (C=O) groups excluding carboxylic acids is 1. The second-order valence-corrected chi connectivity index (χ2v) is 16.6. The maximum atomic E-state index is 12.7. The van der Waals surface area contributed by atoms with E-state index in [1.807, 2.05) is 0 Å². The van der Waals surface area contributed by atoms with Crippen molar-refractivity contribution in [2.75, 3.05) is 19.8 Å². The molecule has 6 atom stereocenters. The minimum absolute atomic E-state index is 0.0740. The van der Waals surface area contributed by atoms with Crippen LogP contribution in [0.25, 0.3) is 0 Å². The Kier molecular flexibility index (Phi) is 31.3. The van der Waals surface area contributed by atoms with Gasteiger partial charge in [0.1, 0.15) is 42.7 Å². The molecule has 0 saturated heterocycles. The van der Waals surface area contributed by atoms with Crippen LogP contribution in [-0.2, 0) is 27.9 Å². The van der Waals surface area contributed by atoms with Gasteiger partial charge in [-0.15, -0.1) is 0 Å². The highest BCUT2D eigenvalue weighted by atomic mass is 31.2. The third-order valence-electron chi connectivity index (χ3n) is 10.1. The minimum Gasteiger partial charge on any atom is -0.457 e. The van der Waals surface area contributed by atoms with Crippen LogP contribution in [-0.4, -0.2) is 98.9 Å². The summed E-state index contributed by atoms with van der Waals surface area (Å²) in [6.45, 7) is 4.23. The molecule has 1 saturated carbocycles. The second-order valence-electron chi connectivity index (χ2n) is 15.2. The van der Waals surface area contributed by atoms with Crippen molar-refractivity contribution in [1.29, 1.82) is 0 Å². The molecular formula is C41H79O12P. The van der Waals surface area contributed by atoms with E-state index in [4.69, 9.17) is 18.5 Å². The van der Waals surface area contributed by atoms with Crippen molar-refractivity contribution in [2.24, 2.45) is 0 Å². The van der Waals surface area contributed by atoms with Gasteiger partial charge in [-0.1, -0.05) is 148 Å². The zero-order chi connectivity index (χ0) is 39.9. The number of hydrogen-bond acceptors (Lipinski definition) is 11. The van der Waals surface area contributed by atoms with Gasteiger partial charge in [0.25, 0.3) is 0 Å². The van der Waals surface area contributed by atoms with Crippen molar-refractivity contribution in [3.05, 3.63) is 12.2 Å². The standard InChI is InChI=1S/C41H79O12P/c1-3-5-7-9-11-13-14-15-16-17-18-19-20-21-22-24-26-28-30-35(42)52-34(32-50-31-29-27-25-23-12-10-8-6-4-2)33-51-54(48,49)53-41-39(46)37(44)36(43)38(45)40(41)47/h16-17,34,36-41,43-47H,3-15,18-33H2,1-2H3,(H,48,49)/b17-16-. The topological polar surface area (TPSA) is 192 Å². The molecular weight excluding hydrogens is 715 g/mol. The fraction of sp³-hybridized carbons (Fsp3) is 0.927. The molecule has 0 spiro atoms. The van der Waals surface area contributed by atoms with Crippen LogP contribution in [0.5, 0.6) is 0 Å². The van der Waals surface area contributed by atoms with Gasteiger partial charge in [0.05, 0.1) is 13.2 Å². The van der Waals surface area contributed by atoms with Gasteiger partial charge in [0.15, 0.2) is 0 Å². The molecule has 1 aliphatic carbocycles. The summed E-state index contributed by atoms with van der Waals surface area (Å²) in [4.78, 5) is 23.0. The highest BCUT2D eigenvalue weighted by molar-refractivity contribution is 7.47. The van der Waals surface area contributed by atoms with E-state index in [0.717, 1.165) is 44.9 Å². The highest BCUT2D eigenvalue weighted by Gasteiger charge is 2.51. The fourth-order valence-corrected chi connectivity index (χ4v) is 7.62. The van der Waals surface area contributed by atoms with Crippen LogP contribution in [0.3, 0.4) is 0 Å². The lowest BCUT2D eigenvalue weighted by Gasteiger charge is -2.41. The Balaban J connectivity index is 2.38. The summed E-state index contributed by atoms with van der Waals surface area (Å²) in [6, 6.07) is 0. The number of aliphatic hydroxyl groups excluding tert-OH is 5. The maximum absolute atomic E-state index is 12.7. The Hall–Kier alpha value is -0.920. The van der Waals surface area contributed by atoms with E-state index in [1.54, 1.807) is 0 Å². The molecule has 12 nitrogen and oxygen atoms in total. The zero-order valence-electron chi connectivity index (χ0n) is 33.8. The van der Waals surface area contributed by atoms with Crippen LogP contribution in [0.15, 0.2) is 12.2 Å². The molecule has 0 bridgehead atoms. The summed E-state index contributed by atoms with van der Waals surface area (Å²) in [5, 5.41) is 50.0. The molecule has 13 heteroatoms. The molecule has 54 heavy (non-hydrogen) atoms.